The Bertz CT molecular complexity index is 1600. The summed E-state index contributed by atoms with van der Waals surface area (Å²) in [5.74, 6) is -0.936. The highest BCUT2D eigenvalue weighted by molar-refractivity contribution is 8.01. The highest BCUT2D eigenvalue weighted by Crippen LogP contribution is 2.50. The molecule has 2 heterocycles. The van der Waals surface area contributed by atoms with E-state index in [1.54, 1.807) is 4.90 Å². The first-order valence-electron chi connectivity index (χ1n) is 13.2. The quantitative estimate of drug-likeness (QED) is 0.326. The summed E-state index contributed by atoms with van der Waals surface area (Å²) in [5.41, 5.74) is 10.5. The van der Waals surface area contributed by atoms with Crippen LogP contribution in [0.1, 0.15) is 50.7 Å². The highest BCUT2D eigenvalue weighted by atomic mass is 32.2. The van der Waals surface area contributed by atoms with Crippen LogP contribution in [0.25, 0.3) is 0 Å². The first-order chi connectivity index (χ1) is 19.6. The Morgan fingerprint density at radius 2 is 1.90 bits per heavy atom. The fourth-order valence-electron chi connectivity index (χ4n) is 5.22. The topological polar surface area (TPSA) is 125 Å². The number of aromatic nitrogens is 2. The first-order valence-corrected chi connectivity index (χ1v) is 15.0. The molecule has 2 aromatic carbocycles. The third-order valence-electron chi connectivity index (χ3n) is 7.14. The Kier molecular flexibility index (Phi) is 7.98. The Labute approximate surface area is 246 Å². The normalized spacial score (nSPS) is 18.3. The standard InChI is InChI=1S/C30H29FN6O2S2/c1-4-17-5-7-18(8-6-17)25-21(15-32)27(33)37(22-13-30(2,3)14-23(38)26(22)25)28-35-36-29(41-28)40-16-24(39)34-20-11-9-19(31)10-12-20/h5-12,25H,4,13-14,16,33H2,1-3H3,(H,34,39). The maximum Gasteiger partial charge on any atom is 0.234 e. The number of amides is 1. The average molecular weight is 589 g/mol. The van der Waals surface area contributed by atoms with Crippen molar-refractivity contribution in [2.24, 2.45) is 11.1 Å². The number of ketones is 1. The smallest absolute Gasteiger partial charge is 0.234 e. The van der Waals surface area contributed by atoms with E-state index in [-0.39, 0.29) is 34.5 Å². The summed E-state index contributed by atoms with van der Waals surface area (Å²) in [5, 5.41) is 22.0. The van der Waals surface area contributed by atoms with Gasteiger partial charge in [0.05, 0.1) is 23.3 Å². The predicted octanol–water partition coefficient (Wildman–Crippen LogP) is 5.91. The van der Waals surface area contributed by atoms with E-state index >= 15 is 0 Å². The molecule has 210 valence electrons. The Balaban J connectivity index is 1.46. The van der Waals surface area contributed by atoms with Gasteiger partial charge in [0.2, 0.25) is 11.0 Å². The lowest BCUT2D eigenvalue weighted by atomic mass is 9.68. The van der Waals surface area contributed by atoms with Crippen LogP contribution in [0.4, 0.5) is 15.2 Å². The van der Waals surface area contributed by atoms with Gasteiger partial charge in [0, 0.05) is 23.4 Å². The van der Waals surface area contributed by atoms with Crippen LogP contribution >= 0.6 is 23.1 Å². The second kappa shape index (κ2) is 11.5. The summed E-state index contributed by atoms with van der Waals surface area (Å²) in [6, 6.07) is 15.8. The van der Waals surface area contributed by atoms with Crippen molar-refractivity contribution in [3.05, 3.63) is 88.1 Å². The molecule has 41 heavy (non-hydrogen) atoms. The van der Waals surface area contributed by atoms with Gasteiger partial charge in [0.15, 0.2) is 10.1 Å². The van der Waals surface area contributed by atoms with Crippen molar-refractivity contribution in [3.8, 4) is 6.07 Å². The molecule has 1 aliphatic heterocycles. The number of rotatable bonds is 7. The molecule has 0 fully saturated rings. The van der Waals surface area contributed by atoms with Crippen molar-refractivity contribution in [1.82, 2.24) is 10.2 Å². The zero-order chi connectivity index (χ0) is 29.3. The lowest BCUT2D eigenvalue weighted by molar-refractivity contribution is -0.118. The number of hydrogen-bond acceptors (Lipinski definition) is 9. The minimum atomic E-state index is -0.558. The minimum Gasteiger partial charge on any atom is -0.384 e. The van der Waals surface area contributed by atoms with Crippen molar-refractivity contribution in [3.63, 3.8) is 0 Å². The van der Waals surface area contributed by atoms with Gasteiger partial charge in [-0.1, -0.05) is 68.1 Å². The molecule has 11 heteroatoms. The number of benzene rings is 2. The number of nitrogens with zero attached hydrogens (tertiary/aromatic N) is 4. The van der Waals surface area contributed by atoms with E-state index < -0.39 is 5.92 Å². The molecule has 3 aromatic rings. The van der Waals surface area contributed by atoms with Gasteiger partial charge in [0.1, 0.15) is 11.6 Å². The van der Waals surface area contributed by atoms with Crippen LogP contribution in [0, 0.1) is 22.6 Å². The second-order valence-corrected chi connectivity index (χ2v) is 12.9. The lowest BCUT2D eigenvalue weighted by Gasteiger charge is -2.42. The van der Waals surface area contributed by atoms with E-state index in [4.69, 9.17) is 5.73 Å². The molecule has 0 radical (unpaired) electrons. The van der Waals surface area contributed by atoms with Crippen LogP contribution in [0.5, 0.6) is 0 Å². The van der Waals surface area contributed by atoms with Gasteiger partial charge in [-0.3, -0.25) is 14.5 Å². The first kappa shape index (κ1) is 28.5. The van der Waals surface area contributed by atoms with Crippen LogP contribution < -0.4 is 16.0 Å². The van der Waals surface area contributed by atoms with Gasteiger partial charge in [-0.25, -0.2) is 4.39 Å². The number of hydrogen-bond donors (Lipinski definition) is 2. The largest absolute Gasteiger partial charge is 0.384 e. The second-order valence-electron chi connectivity index (χ2n) is 10.8. The van der Waals surface area contributed by atoms with Crippen LogP contribution in [0.3, 0.4) is 0 Å². The summed E-state index contributed by atoms with van der Waals surface area (Å²) in [6.45, 7) is 6.16. The molecule has 0 bridgehead atoms. The minimum absolute atomic E-state index is 0.0114. The van der Waals surface area contributed by atoms with Gasteiger partial charge in [-0.15, -0.1) is 10.2 Å². The van der Waals surface area contributed by atoms with Crippen molar-refractivity contribution < 1.29 is 14.0 Å². The number of allylic oxidation sites excluding steroid dienone is 3. The van der Waals surface area contributed by atoms with E-state index in [9.17, 15) is 19.2 Å². The number of halogens is 1. The van der Waals surface area contributed by atoms with Crippen LogP contribution in [-0.2, 0) is 16.0 Å². The summed E-state index contributed by atoms with van der Waals surface area (Å²) in [6.07, 6.45) is 1.82. The number of nitrogens with two attached hydrogens (primary N) is 1. The fourth-order valence-corrected chi connectivity index (χ4v) is 6.90. The molecule has 1 aliphatic carbocycles. The number of aryl methyl sites for hydroxylation is 1. The van der Waals surface area contributed by atoms with E-state index in [1.807, 2.05) is 38.1 Å². The number of anilines is 2. The molecule has 0 saturated heterocycles. The summed E-state index contributed by atoms with van der Waals surface area (Å²) in [4.78, 5) is 27.8. The number of thioether (sulfide) groups is 1. The molecule has 1 atom stereocenters. The van der Waals surface area contributed by atoms with Crippen LogP contribution in [0.15, 0.2) is 75.5 Å². The SMILES string of the molecule is CCc1ccc(C2C(C#N)=C(N)N(c3nnc(SCC(=O)Nc4ccc(F)cc4)s3)C3=C2C(=O)CC(C)(C)C3)cc1. The van der Waals surface area contributed by atoms with Crippen molar-refractivity contribution in [2.45, 2.75) is 50.3 Å². The Morgan fingerprint density at radius 3 is 2.56 bits per heavy atom. The van der Waals surface area contributed by atoms with Crippen LogP contribution in [-0.4, -0.2) is 27.6 Å². The van der Waals surface area contributed by atoms with Crippen LogP contribution in [0.2, 0.25) is 0 Å². The number of carbonyl (C=O) groups excluding carboxylic acids is 2. The molecule has 0 saturated carbocycles. The van der Waals surface area contributed by atoms with Crippen molar-refractivity contribution >= 4 is 45.6 Å². The number of carbonyl (C=O) groups is 2. The Morgan fingerprint density at radius 1 is 1.20 bits per heavy atom. The average Bonchev–Trinajstić information content (AvgIpc) is 3.40. The zero-order valence-corrected chi connectivity index (χ0v) is 24.5. The maximum atomic E-state index is 13.7. The molecule has 3 N–H and O–H groups in total. The molecule has 1 aromatic heterocycles. The van der Waals surface area contributed by atoms with E-state index in [2.05, 4.69) is 28.5 Å². The monoisotopic (exact) mass is 588 g/mol. The molecular formula is C30H29FN6O2S2. The summed E-state index contributed by atoms with van der Waals surface area (Å²) >= 11 is 2.43. The number of Topliss-reactive ketones (excluding diaryl/α,β-unsaturated/α-hetero) is 1. The van der Waals surface area contributed by atoms with E-state index in [1.165, 1.54) is 47.4 Å². The molecule has 5 rings (SSSR count). The van der Waals surface area contributed by atoms with E-state index in [0.717, 1.165) is 23.2 Å². The van der Waals surface area contributed by atoms with Gasteiger partial charge < -0.3 is 11.1 Å². The fraction of sp³-hybridized carbons (Fsp3) is 0.300. The lowest BCUT2D eigenvalue weighted by Crippen LogP contribution is -2.42. The van der Waals surface area contributed by atoms with Crippen molar-refractivity contribution in [2.75, 3.05) is 16.0 Å². The van der Waals surface area contributed by atoms with E-state index in [0.29, 0.717) is 39.1 Å². The number of nitrogens with one attached hydrogen (secondary N) is 1. The van der Waals surface area contributed by atoms with Gasteiger partial charge >= 0.3 is 0 Å². The number of nitriles is 1. The third kappa shape index (κ3) is 5.89. The molecule has 8 nitrogen and oxygen atoms in total. The molecule has 0 spiro atoms. The zero-order valence-electron chi connectivity index (χ0n) is 22.9. The molecule has 1 unspecified atom stereocenters. The third-order valence-corrected chi connectivity index (χ3v) is 9.19. The van der Waals surface area contributed by atoms with Crippen molar-refractivity contribution in [1.29, 1.82) is 5.26 Å². The highest BCUT2D eigenvalue weighted by Gasteiger charge is 2.45. The summed E-state index contributed by atoms with van der Waals surface area (Å²) in [7, 11) is 0. The molecular weight excluding hydrogens is 560 g/mol. The molecule has 2 aliphatic rings. The predicted molar refractivity (Wildman–Crippen MR) is 159 cm³/mol. The van der Waals surface area contributed by atoms with Gasteiger partial charge in [-0.2, -0.15) is 5.26 Å². The van der Waals surface area contributed by atoms with Gasteiger partial charge in [-0.05, 0) is 53.6 Å². The molecule has 1 amide bonds. The van der Waals surface area contributed by atoms with Gasteiger partial charge in [0.25, 0.3) is 0 Å². The Hall–Kier alpha value is -4.01. The maximum absolute atomic E-state index is 13.7. The summed E-state index contributed by atoms with van der Waals surface area (Å²) < 4.78 is 13.7.